The predicted molar refractivity (Wildman–Crippen MR) is 48.8 cm³/mol. The maximum absolute atomic E-state index is 12.2. The summed E-state index contributed by atoms with van der Waals surface area (Å²) in [6.07, 6.45) is -11.2. The number of hydrogen-bond donors (Lipinski definition) is 0. The van der Waals surface area contributed by atoms with E-state index in [4.69, 9.17) is 4.74 Å². The van der Waals surface area contributed by atoms with Crippen LogP contribution in [-0.4, -0.2) is 30.8 Å². The second kappa shape index (κ2) is 5.46. The normalized spacial score (nSPS) is 21.6. The van der Waals surface area contributed by atoms with Crippen LogP contribution in [0.4, 0.5) is 26.3 Å². The van der Waals surface area contributed by atoms with Crippen molar-refractivity contribution in [2.24, 2.45) is 5.92 Å². The predicted octanol–water partition coefficient (Wildman–Crippen LogP) is 3.26. The van der Waals surface area contributed by atoms with Gasteiger partial charge in [-0.2, -0.15) is 26.3 Å². The summed E-state index contributed by atoms with van der Waals surface area (Å²) in [5.74, 6) is -5.73. The smallest absolute Gasteiger partial charge is 0.378 e. The van der Waals surface area contributed by atoms with Gasteiger partial charge in [0.2, 0.25) is 5.92 Å². The second-order valence-electron chi connectivity index (χ2n) is 4.16. The average Bonchev–Trinajstić information content (AvgIpc) is 2.61. The van der Waals surface area contributed by atoms with Crippen molar-refractivity contribution in [2.75, 3.05) is 6.61 Å². The van der Waals surface area contributed by atoms with Crippen LogP contribution in [0.5, 0.6) is 0 Å². The summed E-state index contributed by atoms with van der Waals surface area (Å²) < 4.78 is 78.2. The lowest BCUT2D eigenvalue weighted by atomic mass is 9.97. The van der Waals surface area contributed by atoms with E-state index < -0.39 is 36.6 Å². The summed E-state index contributed by atoms with van der Waals surface area (Å²) in [6, 6.07) is 0. The van der Waals surface area contributed by atoms with Crippen molar-refractivity contribution in [3.05, 3.63) is 0 Å². The molecule has 8 heteroatoms. The fraction of sp³-hybridized carbons (Fsp3) is 0.900. The second-order valence-corrected chi connectivity index (χ2v) is 4.16. The van der Waals surface area contributed by atoms with Gasteiger partial charge in [0.25, 0.3) is 0 Å². The molecule has 0 amide bonds. The van der Waals surface area contributed by atoms with Gasteiger partial charge in [0.1, 0.15) is 0 Å². The monoisotopic (exact) mass is 278 g/mol. The fourth-order valence-electron chi connectivity index (χ4n) is 1.87. The molecule has 2 nitrogen and oxygen atoms in total. The molecule has 0 aromatic rings. The van der Waals surface area contributed by atoms with Gasteiger partial charge in [0.05, 0.1) is 6.10 Å². The van der Waals surface area contributed by atoms with E-state index in [9.17, 15) is 31.1 Å². The molecule has 1 heterocycles. The van der Waals surface area contributed by atoms with E-state index in [1.165, 1.54) is 0 Å². The fourth-order valence-corrected chi connectivity index (χ4v) is 1.87. The molecule has 1 aliphatic heterocycles. The maximum atomic E-state index is 12.2. The number of halogens is 6. The Hall–Kier alpha value is -0.790. The van der Waals surface area contributed by atoms with Crippen LogP contribution in [0.2, 0.25) is 0 Å². The zero-order valence-corrected chi connectivity index (χ0v) is 9.27. The van der Waals surface area contributed by atoms with Gasteiger partial charge in [0.15, 0.2) is 5.78 Å². The lowest BCUT2D eigenvalue weighted by Crippen LogP contribution is -2.42. The highest BCUT2D eigenvalue weighted by atomic mass is 19.4. The van der Waals surface area contributed by atoms with E-state index in [0.717, 1.165) is 0 Å². The molecule has 1 fully saturated rings. The van der Waals surface area contributed by atoms with Crippen molar-refractivity contribution in [3.63, 3.8) is 0 Å². The Morgan fingerprint density at radius 1 is 1.17 bits per heavy atom. The Kier molecular flexibility index (Phi) is 4.63. The average molecular weight is 278 g/mol. The molecule has 0 radical (unpaired) electrons. The number of carbonyl (C=O) groups is 1. The molecule has 1 unspecified atom stereocenters. The van der Waals surface area contributed by atoms with Crippen LogP contribution >= 0.6 is 0 Å². The van der Waals surface area contributed by atoms with Crippen molar-refractivity contribution >= 4 is 5.78 Å². The van der Waals surface area contributed by atoms with E-state index in [1.807, 2.05) is 0 Å². The number of Topliss-reactive ketones (excluding diaryl/α,β-unsaturated/α-hetero) is 1. The molecule has 1 rings (SSSR count). The van der Waals surface area contributed by atoms with E-state index in [0.29, 0.717) is 19.4 Å². The highest BCUT2D eigenvalue weighted by molar-refractivity contribution is 5.82. The molecular weight excluding hydrogens is 266 g/mol. The molecule has 1 atom stereocenters. The first kappa shape index (κ1) is 15.3. The molecular formula is C10H12F6O2. The van der Waals surface area contributed by atoms with Crippen LogP contribution in [-0.2, 0) is 9.53 Å². The van der Waals surface area contributed by atoms with Gasteiger partial charge in [-0.05, 0) is 19.3 Å². The lowest BCUT2D eigenvalue weighted by Gasteiger charge is -2.22. The number of ether oxygens (including phenoxy) is 1. The third-order valence-electron chi connectivity index (χ3n) is 2.71. The van der Waals surface area contributed by atoms with Crippen LogP contribution < -0.4 is 0 Å². The van der Waals surface area contributed by atoms with E-state index in [1.54, 1.807) is 0 Å². The molecule has 18 heavy (non-hydrogen) atoms. The quantitative estimate of drug-likeness (QED) is 0.738. The summed E-state index contributed by atoms with van der Waals surface area (Å²) in [6.45, 7) is 0.431. The zero-order valence-electron chi connectivity index (χ0n) is 9.27. The van der Waals surface area contributed by atoms with Gasteiger partial charge < -0.3 is 4.74 Å². The van der Waals surface area contributed by atoms with Crippen molar-refractivity contribution in [1.82, 2.24) is 0 Å². The Morgan fingerprint density at radius 2 is 1.72 bits per heavy atom. The summed E-state index contributed by atoms with van der Waals surface area (Å²) in [5, 5.41) is 0. The Bertz CT molecular complexity index is 276. The molecule has 0 spiro atoms. The lowest BCUT2D eigenvalue weighted by molar-refractivity contribution is -0.273. The minimum Gasteiger partial charge on any atom is -0.378 e. The van der Waals surface area contributed by atoms with E-state index >= 15 is 0 Å². The molecule has 106 valence electrons. The molecule has 0 aliphatic carbocycles. The van der Waals surface area contributed by atoms with Gasteiger partial charge in [-0.25, -0.2) is 0 Å². The Morgan fingerprint density at radius 3 is 2.11 bits per heavy atom. The SMILES string of the molecule is O=C(CCC1CCCO1)C(C(F)(F)F)C(F)(F)F. The topological polar surface area (TPSA) is 26.3 Å². The summed E-state index contributed by atoms with van der Waals surface area (Å²) in [7, 11) is 0. The van der Waals surface area contributed by atoms with Crippen molar-refractivity contribution in [3.8, 4) is 0 Å². The summed E-state index contributed by atoms with van der Waals surface area (Å²) in [5.41, 5.74) is 0. The molecule has 0 aromatic heterocycles. The van der Waals surface area contributed by atoms with E-state index in [-0.39, 0.29) is 6.42 Å². The maximum Gasteiger partial charge on any atom is 0.407 e. The van der Waals surface area contributed by atoms with Gasteiger partial charge in [-0.15, -0.1) is 0 Å². The van der Waals surface area contributed by atoms with Crippen molar-refractivity contribution in [2.45, 2.75) is 44.1 Å². The largest absolute Gasteiger partial charge is 0.407 e. The molecule has 0 aromatic carbocycles. The first-order chi connectivity index (χ1) is 8.12. The third-order valence-corrected chi connectivity index (χ3v) is 2.71. The number of carbonyl (C=O) groups excluding carboxylic acids is 1. The van der Waals surface area contributed by atoms with Crippen molar-refractivity contribution in [1.29, 1.82) is 0 Å². The van der Waals surface area contributed by atoms with Crippen molar-refractivity contribution < 1.29 is 35.9 Å². The molecule has 0 N–H and O–H groups in total. The minimum absolute atomic E-state index is 0.0957. The number of rotatable bonds is 4. The number of hydrogen-bond acceptors (Lipinski definition) is 2. The van der Waals surface area contributed by atoms with Crippen LogP contribution in [0.1, 0.15) is 25.7 Å². The molecule has 1 saturated heterocycles. The molecule has 0 bridgehead atoms. The van der Waals surface area contributed by atoms with Crippen LogP contribution in [0.3, 0.4) is 0 Å². The highest BCUT2D eigenvalue weighted by Crippen LogP contribution is 2.40. The third kappa shape index (κ3) is 4.15. The molecule has 1 aliphatic rings. The summed E-state index contributed by atoms with van der Waals surface area (Å²) in [4.78, 5) is 11.1. The standard InChI is InChI=1S/C10H12F6O2/c11-9(12,13)8(10(14,15)16)7(17)4-3-6-2-1-5-18-6/h6,8H,1-5H2. The highest BCUT2D eigenvalue weighted by Gasteiger charge is 2.60. The number of ketones is 1. The van der Waals surface area contributed by atoms with Gasteiger partial charge in [-0.3, -0.25) is 4.79 Å². The summed E-state index contributed by atoms with van der Waals surface area (Å²) >= 11 is 0. The Balaban J connectivity index is 2.60. The van der Waals surface area contributed by atoms with Gasteiger partial charge in [0, 0.05) is 13.0 Å². The van der Waals surface area contributed by atoms with Crippen LogP contribution in [0.25, 0.3) is 0 Å². The minimum atomic E-state index is -5.59. The van der Waals surface area contributed by atoms with Gasteiger partial charge >= 0.3 is 12.4 Å². The zero-order chi connectivity index (χ0) is 14.0. The van der Waals surface area contributed by atoms with Crippen LogP contribution in [0, 0.1) is 5.92 Å². The first-order valence-electron chi connectivity index (χ1n) is 5.40. The molecule has 0 saturated carbocycles. The van der Waals surface area contributed by atoms with Gasteiger partial charge in [-0.1, -0.05) is 0 Å². The first-order valence-corrected chi connectivity index (χ1v) is 5.40. The number of alkyl halides is 6. The van der Waals surface area contributed by atoms with Crippen LogP contribution in [0.15, 0.2) is 0 Å². The Labute approximate surface area is 99.3 Å². The van der Waals surface area contributed by atoms with E-state index in [2.05, 4.69) is 0 Å².